The molecule has 0 amide bonds. The number of aliphatic hydroxyl groups excluding tert-OH is 1. The zero-order chi connectivity index (χ0) is 28.7. The van der Waals surface area contributed by atoms with Crippen molar-refractivity contribution in [1.29, 1.82) is 5.26 Å². The number of hydrazine groups is 2. The van der Waals surface area contributed by atoms with Crippen LogP contribution in [0, 0.1) is 23.1 Å². The maximum Gasteiger partial charge on any atom is 0.207 e. The van der Waals surface area contributed by atoms with Crippen molar-refractivity contribution in [1.82, 2.24) is 20.5 Å². The predicted octanol–water partition coefficient (Wildman–Crippen LogP) is 4.79. The lowest BCUT2D eigenvalue weighted by Crippen LogP contribution is -2.46. The highest BCUT2D eigenvalue weighted by molar-refractivity contribution is 6.35. The summed E-state index contributed by atoms with van der Waals surface area (Å²) in [5.74, 6) is -0.336. The molecule has 9 nitrogen and oxygen atoms in total. The summed E-state index contributed by atoms with van der Waals surface area (Å²) >= 11 is 6.76. The molecule has 0 radical (unpaired) electrons. The minimum absolute atomic E-state index is 0.00485. The fourth-order valence-corrected chi connectivity index (χ4v) is 6.18. The Morgan fingerprint density at radius 3 is 2.66 bits per heavy atom. The van der Waals surface area contributed by atoms with Crippen LogP contribution >= 0.6 is 11.6 Å². The third-order valence-electron chi connectivity index (χ3n) is 8.30. The quantitative estimate of drug-likeness (QED) is 0.241. The highest BCUT2D eigenvalue weighted by Crippen LogP contribution is 2.40. The van der Waals surface area contributed by atoms with Crippen LogP contribution in [0.25, 0.3) is 10.9 Å². The molecule has 2 saturated carbocycles. The Morgan fingerprint density at radius 2 is 1.95 bits per heavy atom. The van der Waals surface area contributed by atoms with Crippen molar-refractivity contribution in [3.8, 4) is 6.07 Å². The van der Waals surface area contributed by atoms with E-state index in [0.29, 0.717) is 50.2 Å². The molecule has 0 spiro atoms. The highest BCUT2D eigenvalue weighted by atomic mass is 35.5. The molecule has 2 aromatic carbocycles. The second kappa shape index (κ2) is 11.0. The van der Waals surface area contributed by atoms with Gasteiger partial charge in [-0.2, -0.15) is 5.26 Å². The predicted molar refractivity (Wildman–Crippen MR) is 156 cm³/mol. The van der Waals surface area contributed by atoms with E-state index >= 15 is 0 Å². The molecule has 6 rings (SSSR count). The zero-order valence-corrected chi connectivity index (χ0v) is 23.5. The van der Waals surface area contributed by atoms with E-state index in [-0.39, 0.29) is 18.6 Å². The Labute approximate surface area is 243 Å². The van der Waals surface area contributed by atoms with Gasteiger partial charge in [0.1, 0.15) is 17.6 Å². The second-order valence-corrected chi connectivity index (χ2v) is 11.6. The van der Waals surface area contributed by atoms with Gasteiger partial charge in [0.15, 0.2) is 0 Å². The van der Waals surface area contributed by atoms with Gasteiger partial charge in [-0.1, -0.05) is 36.6 Å². The fraction of sp³-hybridized carbons (Fsp3) is 0.400. The smallest absolute Gasteiger partial charge is 0.207 e. The Morgan fingerprint density at radius 1 is 1.20 bits per heavy atom. The van der Waals surface area contributed by atoms with E-state index in [1.54, 1.807) is 23.2 Å². The molecule has 0 saturated heterocycles. The number of nitrogens with one attached hydrogen (secondary N) is 3. The largest absolute Gasteiger partial charge is 0.396 e. The number of hydrogen-bond donors (Lipinski definition) is 5. The number of hydrogen-bond acceptors (Lipinski definition) is 9. The van der Waals surface area contributed by atoms with Gasteiger partial charge in [0.25, 0.3) is 0 Å². The van der Waals surface area contributed by atoms with E-state index in [1.807, 2.05) is 24.3 Å². The minimum atomic E-state index is -1.77. The van der Waals surface area contributed by atoms with Crippen LogP contribution in [-0.2, 0) is 5.72 Å². The van der Waals surface area contributed by atoms with Crippen molar-refractivity contribution < 1.29 is 14.6 Å². The van der Waals surface area contributed by atoms with E-state index in [0.717, 1.165) is 38.5 Å². The van der Waals surface area contributed by atoms with E-state index in [4.69, 9.17) is 11.6 Å². The van der Waals surface area contributed by atoms with Gasteiger partial charge in [-0.3, -0.25) is 15.0 Å². The number of benzene rings is 2. The average Bonchev–Trinajstić information content (AvgIpc) is 3.74. The van der Waals surface area contributed by atoms with Crippen LogP contribution < -0.4 is 16.2 Å². The van der Waals surface area contributed by atoms with Gasteiger partial charge in [-0.25, -0.2) is 4.39 Å². The van der Waals surface area contributed by atoms with Gasteiger partial charge in [-0.15, -0.1) is 5.53 Å². The molecule has 214 valence electrons. The van der Waals surface area contributed by atoms with Gasteiger partial charge in [0.05, 0.1) is 21.8 Å². The topological polar surface area (TPSA) is 120 Å². The molecule has 2 aliphatic carbocycles. The lowest BCUT2D eigenvalue weighted by Gasteiger charge is -2.35. The number of aromatic nitrogens is 1. The van der Waals surface area contributed by atoms with Crippen molar-refractivity contribution >= 4 is 33.9 Å². The number of nitrogens with zero attached hydrogens (tertiary/aromatic N) is 4. The number of rotatable bonds is 8. The van der Waals surface area contributed by atoms with Gasteiger partial charge >= 0.3 is 0 Å². The number of nitriles is 1. The number of fused-ring (bicyclic) bond motifs is 1. The lowest BCUT2D eigenvalue weighted by atomic mass is 9.84. The molecule has 1 aromatic heterocycles. The van der Waals surface area contributed by atoms with Gasteiger partial charge in [-0.05, 0) is 49.9 Å². The summed E-state index contributed by atoms with van der Waals surface area (Å²) in [6, 6.07) is 11.8. The summed E-state index contributed by atoms with van der Waals surface area (Å²) in [6.45, 7) is 0.0649. The third-order valence-corrected chi connectivity index (χ3v) is 8.59. The summed E-state index contributed by atoms with van der Waals surface area (Å²) in [4.78, 5) is 4.46. The summed E-state index contributed by atoms with van der Waals surface area (Å²) in [7, 11) is 1.81. The molecule has 3 aliphatic rings. The Bertz CT molecular complexity index is 1520. The third kappa shape index (κ3) is 5.26. The summed E-state index contributed by atoms with van der Waals surface area (Å²) in [6.07, 6.45) is 9.34. The Balaban J connectivity index is 1.44. The number of anilines is 2. The van der Waals surface area contributed by atoms with Crippen LogP contribution in [0.1, 0.15) is 49.7 Å². The van der Waals surface area contributed by atoms with Crippen LogP contribution in [0.3, 0.4) is 0 Å². The molecular weight excluding hydrogens is 545 g/mol. The first kappa shape index (κ1) is 27.5. The maximum atomic E-state index is 13.9. The number of pyridine rings is 1. The zero-order valence-electron chi connectivity index (χ0n) is 22.7. The van der Waals surface area contributed by atoms with Crippen molar-refractivity contribution in [3.05, 3.63) is 76.5 Å². The van der Waals surface area contributed by atoms with Crippen LogP contribution in [0.5, 0.6) is 0 Å². The summed E-state index contributed by atoms with van der Waals surface area (Å²) in [5.41, 5.74) is 4.39. The van der Waals surface area contributed by atoms with Crippen LogP contribution in [0.4, 0.5) is 15.8 Å². The van der Waals surface area contributed by atoms with E-state index in [1.165, 1.54) is 18.3 Å². The molecule has 3 aromatic rings. The highest BCUT2D eigenvalue weighted by Gasteiger charge is 2.42. The summed E-state index contributed by atoms with van der Waals surface area (Å²) in [5, 5.41) is 43.7. The van der Waals surface area contributed by atoms with E-state index in [2.05, 4.69) is 27.2 Å². The number of aliphatic hydroxyl groups is 2. The second-order valence-electron chi connectivity index (χ2n) is 11.1. The number of halogens is 2. The van der Waals surface area contributed by atoms with Gasteiger partial charge < -0.3 is 20.8 Å². The van der Waals surface area contributed by atoms with Crippen LogP contribution in [-0.4, -0.2) is 51.0 Å². The number of likely N-dealkylation sites (N-methyl/N-ethyl adjacent to an activating group) is 1. The lowest BCUT2D eigenvalue weighted by molar-refractivity contribution is 0.0571. The molecule has 3 atom stereocenters. The molecule has 1 aliphatic heterocycles. The van der Waals surface area contributed by atoms with Crippen molar-refractivity contribution in [3.63, 3.8) is 0 Å². The summed E-state index contributed by atoms with van der Waals surface area (Å²) < 4.78 is 13.9. The molecule has 2 heterocycles. The SMILES string of the molecule is CN1NN(C2CC2)C=C1[C@](O)(Nc1cc(Cl)c2ncc(C#N)c(N[C@H]3CCCC[C@@H]3CO)c2c1)c1ccc(F)cc1. The van der Waals surface area contributed by atoms with Gasteiger partial charge in [0.2, 0.25) is 5.72 Å². The normalized spacial score (nSPS) is 22.3. The van der Waals surface area contributed by atoms with Crippen molar-refractivity contribution in [2.45, 2.75) is 56.3 Å². The van der Waals surface area contributed by atoms with E-state index < -0.39 is 11.5 Å². The molecule has 0 bridgehead atoms. The first-order valence-corrected chi connectivity index (χ1v) is 14.4. The Kier molecular flexibility index (Phi) is 7.38. The molecule has 11 heteroatoms. The maximum absolute atomic E-state index is 13.9. The molecular formula is C30H33ClFN7O2. The first-order chi connectivity index (χ1) is 19.8. The molecule has 41 heavy (non-hydrogen) atoms. The fourth-order valence-electron chi connectivity index (χ4n) is 5.91. The molecule has 2 fully saturated rings. The molecule has 5 N–H and O–H groups in total. The van der Waals surface area contributed by atoms with E-state index in [9.17, 15) is 19.9 Å². The monoisotopic (exact) mass is 577 g/mol. The minimum Gasteiger partial charge on any atom is -0.396 e. The Hall–Kier alpha value is -3.62. The first-order valence-electron chi connectivity index (χ1n) is 14.0. The van der Waals surface area contributed by atoms with Crippen LogP contribution in [0.2, 0.25) is 5.02 Å². The van der Waals surface area contributed by atoms with Crippen molar-refractivity contribution in [2.24, 2.45) is 5.92 Å². The van der Waals surface area contributed by atoms with Gasteiger partial charge in [0, 0.05) is 60.7 Å². The average molecular weight is 578 g/mol. The van der Waals surface area contributed by atoms with Crippen LogP contribution in [0.15, 0.2) is 54.5 Å². The van der Waals surface area contributed by atoms with Crippen molar-refractivity contribution in [2.75, 3.05) is 24.3 Å². The molecule has 0 unspecified atom stereocenters. The standard InChI is InChI=1S/C30H33ClFN7O2/c1-38-27(16-39(37-38)23-10-11-23)30(41,20-6-8-21(32)9-7-20)36-22-12-24-28(35-26-5-3-2-4-18(26)17-40)19(14-33)15-34-29(24)25(31)13-22/h6-9,12-13,15-16,18,23,26,36-37,40-41H,2-5,10-11,17H2,1H3,(H,34,35)/t18-,26+,30+/m1/s1.